The van der Waals surface area contributed by atoms with E-state index in [0.717, 1.165) is 5.56 Å². The van der Waals surface area contributed by atoms with Crippen molar-refractivity contribution in [2.24, 2.45) is 0 Å². The molecular formula is C18H21FN2O3. The molecule has 0 saturated carbocycles. The number of furan rings is 1. The Balaban J connectivity index is 1.78. The van der Waals surface area contributed by atoms with Crippen molar-refractivity contribution in [2.45, 2.75) is 24.7 Å². The quantitative estimate of drug-likeness (QED) is 0.850. The highest BCUT2D eigenvalue weighted by Crippen LogP contribution is 2.25. The molecule has 24 heavy (non-hydrogen) atoms. The van der Waals surface area contributed by atoms with Crippen molar-refractivity contribution >= 4 is 5.91 Å². The molecular weight excluding hydrogens is 311 g/mol. The van der Waals surface area contributed by atoms with Crippen LogP contribution in [0.2, 0.25) is 0 Å². The van der Waals surface area contributed by atoms with E-state index in [1.54, 1.807) is 12.1 Å². The molecule has 2 heterocycles. The van der Waals surface area contributed by atoms with Gasteiger partial charge in [-0.1, -0.05) is 30.3 Å². The van der Waals surface area contributed by atoms with E-state index in [1.165, 1.54) is 11.2 Å². The van der Waals surface area contributed by atoms with Crippen molar-refractivity contribution in [3.63, 3.8) is 0 Å². The Morgan fingerprint density at radius 1 is 1.33 bits per heavy atom. The van der Waals surface area contributed by atoms with Crippen LogP contribution in [0, 0.1) is 0 Å². The van der Waals surface area contributed by atoms with Gasteiger partial charge < -0.3 is 19.7 Å². The van der Waals surface area contributed by atoms with Crippen molar-refractivity contribution < 1.29 is 18.7 Å². The van der Waals surface area contributed by atoms with Gasteiger partial charge in [0.05, 0.1) is 12.8 Å². The molecule has 1 amide bonds. The maximum absolute atomic E-state index is 14.9. The minimum absolute atomic E-state index is 0.00791. The zero-order valence-electron chi connectivity index (χ0n) is 13.3. The van der Waals surface area contributed by atoms with E-state index in [9.17, 15) is 14.3 Å². The lowest BCUT2D eigenvalue weighted by Crippen LogP contribution is -2.48. The molecule has 2 atom stereocenters. The number of aliphatic hydroxyl groups excluding tert-OH is 1. The van der Waals surface area contributed by atoms with Gasteiger partial charge in [0.1, 0.15) is 11.9 Å². The number of amides is 1. The molecule has 3 rings (SSSR count). The molecule has 1 aliphatic rings. The zero-order valence-corrected chi connectivity index (χ0v) is 13.3. The Labute approximate surface area is 140 Å². The van der Waals surface area contributed by atoms with Gasteiger partial charge in [0, 0.05) is 19.5 Å². The van der Waals surface area contributed by atoms with Crippen LogP contribution in [0.1, 0.15) is 23.8 Å². The lowest BCUT2D eigenvalue weighted by molar-refractivity contribution is -0.145. The van der Waals surface area contributed by atoms with Gasteiger partial charge in [0.15, 0.2) is 0 Å². The van der Waals surface area contributed by atoms with Gasteiger partial charge in [-0.25, -0.2) is 4.39 Å². The first kappa shape index (κ1) is 16.7. The molecule has 128 valence electrons. The van der Waals surface area contributed by atoms with Gasteiger partial charge in [0.2, 0.25) is 5.67 Å². The van der Waals surface area contributed by atoms with E-state index in [-0.39, 0.29) is 26.1 Å². The predicted octanol–water partition coefficient (Wildman–Crippen LogP) is 2.04. The van der Waals surface area contributed by atoms with Crippen LogP contribution in [0.25, 0.3) is 0 Å². The smallest absolute Gasteiger partial charge is 0.262 e. The number of hydrogen-bond acceptors (Lipinski definition) is 4. The number of carbonyl (C=O) groups is 1. The topological polar surface area (TPSA) is 65.7 Å². The summed E-state index contributed by atoms with van der Waals surface area (Å²) >= 11 is 0. The van der Waals surface area contributed by atoms with Crippen LogP contribution in [-0.2, 0) is 11.3 Å². The van der Waals surface area contributed by atoms with Gasteiger partial charge in [-0.15, -0.1) is 0 Å². The highest BCUT2D eigenvalue weighted by Gasteiger charge is 2.44. The summed E-state index contributed by atoms with van der Waals surface area (Å²) in [4.78, 5) is 14.1. The number of alkyl halides is 1. The van der Waals surface area contributed by atoms with E-state index >= 15 is 0 Å². The minimum Gasteiger partial charge on any atom is -0.467 e. The fourth-order valence-electron chi connectivity index (χ4n) is 2.93. The maximum Gasteiger partial charge on any atom is 0.262 e. The summed E-state index contributed by atoms with van der Waals surface area (Å²) in [5.41, 5.74) is -1.04. The molecule has 1 saturated heterocycles. The average molecular weight is 332 g/mol. The van der Waals surface area contributed by atoms with Crippen molar-refractivity contribution in [3.05, 3.63) is 60.1 Å². The Hall–Kier alpha value is -2.18. The summed E-state index contributed by atoms with van der Waals surface area (Å²) in [6.07, 6.45) is 0.610. The second kappa shape index (κ2) is 7.15. The van der Waals surface area contributed by atoms with E-state index in [0.29, 0.717) is 12.3 Å². The summed E-state index contributed by atoms with van der Waals surface area (Å²) in [7, 11) is 0. The third-order valence-electron chi connectivity index (χ3n) is 4.25. The van der Waals surface area contributed by atoms with Gasteiger partial charge in [-0.05, 0) is 24.2 Å². The van der Waals surface area contributed by atoms with Crippen molar-refractivity contribution in [1.82, 2.24) is 10.2 Å². The number of carbonyl (C=O) groups excluding carboxylic acids is 1. The maximum atomic E-state index is 14.9. The summed E-state index contributed by atoms with van der Waals surface area (Å²) in [5, 5.41) is 13.2. The van der Waals surface area contributed by atoms with E-state index in [2.05, 4.69) is 5.32 Å². The van der Waals surface area contributed by atoms with Crippen molar-refractivity contribution in [1.29, 1.82) is 0 Å². The fraction of sp³-hybridized carbons (Fsp3) is 0.389. The highest BCUT2D eigenvalue weighted by molar-refractivity contribution is 5.86. The summed E-state index contributed by atoms with van der Waals surface area (Å²) in [6.45, 7) is 0.701. The molecule has 0 aliphatic carbocycles. The largest absolute Gasteiger partial charge is 0.467 e. The lowest BCUT2D eigenvalue weighted by Gasteiger charge is -2.30. The van der Waals surface area contributed by atoms with Crippen LogP contribution < -0.4 is 5.32 Å². The molecule has 2 unspecified atom stereocenters. The van der Waals surface area contributed by atoms with Crippen LogP contribution in [0.4, 0.5) is 4.39 Å². The molecule has 1 aromatic heterocycles. The lowest BCUT2D eigenvalue weighted by atomic mass is 10.0. The molecule has 0 spiro atoms. The summed E-state index contributed by atoms with van der Waals surface area (Å²) in [5.74, 6) is -0.236. The van der Waals surface area contributed by atoms with Crippen LogP contribution in [-0.4, -0.2) is 41.2 Å². The first-order valence-corrected chi connectivity index (χ1v) is 8.03. The Kier molecular flexibility index (Phi) is 4.97. The molecule has 1 fully saturated rings. The van der Waals surface area contributed by atoms with Crippen LogP contribution >= 0.6 is 0 Å². The number of hydrogen-bond donors (Lipinski definition) is 2. The third-order valence-corrected chi connectivity index (χ3v) is 4.25. The van der Waals surface area contributed by atoms with Crippen molar-refractivity contribution in [3.8, 4) is 0 Å². The van der Waals surface area contributed by atoms with Crippen LogP contribution in [0.5, 0.6) is 0 Å². The monoisotopic (exact) mass is 332 g/mol. The van der Waals surface area contributed by atoms with Gasteiger partial charge in [-0.3, -0.25) is 4.79 Å². The minimum atomic E-state index is -1.92. The molecule has 5 nitrogen and oxygen atoms in total. The average Bonchev–Trinajstić information content (AvgIpc) is 3.27. The predicted molar refractivity (Wildman–Crippen MR) is 86.9 cm³/mol. The van der Waals surface area contributed by atoms with E-state index in [1.807, 2.05) is 30.3 Å². The highest BCUT2D eigenvalue weighted by atomic mass is 19.1. The van der Waals surface area contributed by atoms with Crippen LogP contribution in [0.15, 0.2) is 53.1 Å². The SMILES string of the molecule is O=C(N(Cc1ccccc1)CC(O)c1ccco1)C1(F)CCNC1. The molecule has 0 bridgehead atoms. The molecule has 6 heteroatoms. The molecule has 1 aromatic carbocycles. The Morgan fingerprint density at radius 2 is 2.12 bits per heavy atom. The first-order chi connectivity index (χ1) is 11.6. The first-order valence-electron chi connectivity index (χ1n) is 8.03. The van der Waals surface area contributed by atoms with Gasteiger partial charge >= 0.3 is 0 Å². The van der Waals surface area contributed by atoms with Gasteiger partial charge in [0.25, 0.3) is 5.91 Å². The summed E-state index contributed by atoms with van der Waals surface area (Å²) < 4.78 is 20.1. The Bertz CT molecular complexity index is 654. The zero-order chi connectivity index (χ0) is 17.0. The Morgan fingerprint density at radius 3 is 2.75 bits per heavy atom. The second-order valence-electron chi connectivity index (χ2n) is 6.09. The standard InChI is InChI=1S/C18H21FN2O3/c19-18(8-9-20-13-18)17(23)21(11-14-5-2-1-3-6-14)12-15(22)16-7-4-10-24-16/h1-7,10,15,20,22H,8-9,11-13H2. The third kappa shape index (κ3) is 3.66. The molecule has 2 N–H and O–H groups in total. The normalized spacial score (nSPS) is 21.6. The number of aliphatic hydroxyl groups is 1. The van der Waals surface area contributed by atoms with Crippen molar-refractivity contribution in [2.75, 3.05) is 19.6 Å². The molecule has 2 aromatic rings. The second-order valence-corrected chi connectivity index (χ2v) is 6.09. The number of rotatable bonds is 6. The number of benzene rings is 1. The van der Waals surface area contributed by atoms with Crippen LogP contribution in [0.3, 0.4) is 0 Å². The van der Waals surface area contributed by atoms with E-state index < -0.39 is 17.7 Å². The molecule has 1 aliphatic heterocycles. The number of nitrogens with zero attached hydrogens (tertiary/aromatic N) is 1. The molecule has 0 radical (unpaired) electrons. The summed E-state index contributed by atoms with van der Waals surface area (Å²) in [6, 6.07) is 12.7. The number of halogens is 1. The fourth-order valence-corrected chi connectivity index (χ4v) is 2.93. The van der Waals surface area contributed by atoms with Gasteiger partial charge in [-0.2, -0.15) is 0 Å². The number of nitrogens with one attached hydrogen (secondary N) is 1. The van der Waals surface area contributed by atoms with E-state index in [4.69, 9.17) is 4.42 Å².